The third-order valence-corrected chi connectivity index (χ3v) is 4.02. The Labute approximate surface area is 125 Å². The molecular weight excluding hydrogens is 272 g/mol. The molecule has 1 aliphatic rings. The normalized spacial score (nSPS) is 17.8. The molecule has 1 aromatic carbocycles. The minimum Gasteiger partial charge on any atom is -0.494 e. The molecule has 1 atom stereocenters. The lowest BCUT2D eigenvalue weighted by Gasteiger charge is -2.13. The Morgan fingerprint density at radius 1 is 1.25 bits per heavy atom. The van der Waals surface area contributed by atoms with Gasteiger partial charge in [0.15, 0.2) is 5.17 Å². The highest BCUT2D eigenvalue weighted by Crippen LogP contribution is 2.31. The van der Waals surface area contributed by atoms with Crippen LogP contribution < -0.4 is 14.8 Å². The number of rotatable bonds is 6. The highest BCUT2D eigenvalue weighted by atomic mass is 32.2. The first-order valence-electron chi connectivity index (χ1n) is 7.14. The third-order valence-electron chi connectivity index (χ3n) is 2.99. The van der Waals surface area contributed by atoms with Gasteiger partial charge in [-0.1, -0.05) is 18.7 Å². The number of benzene rings is 1. The van der Waals surface area contributed by atoms with E-state index in [1.807, 2.05) is 32.0 Å². The van der Waals surface area contributed by atoms with Crippen LogP contribution in [-0.2, 0) is 0 Å². The van der Waals surface area contributed by atoms with Gasteiger partial charge in [0.25, 0.3) is 0 Å². The standard InChI is InChI=1S/C15H22N2O2S/c1-4-11-10-20-15(16-11)17-13-9-12(18-5-2)7-8-14(13)19-6-3/h7-9,11H,4-6,10H2,1-3H3,(H,16,17). The summed E-state index contributed by atoms with van der Waals surface area (Å²) in [4.78, 5) is 4.65. The van der Waals surface area contributed by atoms with Gasteiger partial charge in [-0.15, -0.1) is 0 Å². The minimum atomic E-state index is 0.424. The highest BCUT2D eigenvalue weighted by Gasteiger charge is 2.18. The molecule has 1 aliphatic heterocycles. The summed E-state index contributed by atoms with van der Waals surface area (Å²) in [7, 11) is 0. The van der Waals surface area contributed by atoms with Crippen molar-refractivity contribution in [2.75, 3.05) is 24.3 Å². The number of nitrogens with one attached hydrogen (secondary N) is 1. The second-order valence-electron chi connectivity index (χ2n) is 4.46. The molecule has 1 unspecified atom stereocenters. The van der Waals surface area contributed by atoms with Crippen molar-refractivity contribution in [3.05, 3.63) is 18.2 Å². The Morgan fingerprint density at radius 3 is 2.70 bits per heavy atom. The second-order valence-corrected chi connectivity index (χ2v) is 5.47. The van der Waals surface area contributed by atoms with Gasteiger partial charge < -0.3 is 14.8 Å². The molecule has 1 N–H and O–H groups in total. The van der Waals surface area contributed by atoms with Crippen molar-refractivity contribution >= 4 is 22.6 Å². The zero-order valence-electron chi connectivity index (χ0n) is 12.3. The van der Waals surface area contributed by atoms with E-state index in [-0.39, 0.29) is 0 Å². The summed E-state index contributed by atoms with van der Waals surface area (Å²) < 4.78 is 11.2. The van der Waals surface area contributed by atoms with E-state index < -0.39 is 0 Å². The van der Waals surface area contributed by atoms with Crippen molar-refractivity contribution in [1.82, 2.24) is 0 Å². The van der Waals surface area contributed by atoms with E-state index in [4.69, 9.17) is 9.47 Å². The van der Waals surface area contributed by atoms with E-state index in [1.54, 1.807) is 11.8 Å². The SMILES string of the molecule is CCOc1ccc(OCC)c(NC2=NC(CC)CS2)c1. The summed E-state index contributed by atoms with van der Waals surface area (Å²) in [5, 5.41) is 4.33. The average molecular weight is 294 g/mol. The fourth-order valence-corrected chi connectivity index (χ4v) is 3.02. The van der Waals surface area contributed by atoms with Gasteiger partial charge in [0.2, 0.25) is 0 Å². The van der Waals surface area contributed by atoms with Crippen LogP contribution in [0.2, 0.25) is 0 Å². The lowest BCUT2D eigenvalue weighted by Crippen LogP contribution is -2.08. The molecule has 0 spiro atoms. The lowest BCUT2D eigenvalue weighted by molar-refractivity contribution is 0.332. The van der Waals surface area contributed by atoms with Crippen LogP contribution in [0.4, 0.5) is 5.69 Å². The molecule has 110 valence electrons. The Bertz CT molecular complexity index is 477. The van der Waals surface area contributed by atoms with Gasteiger partial charge in [-0.05, 0) is 32.4 Å². The first-order chi connectivity index (χ1) is 9.76. The second kappa shape index (κ2) is 7.43. The first kappa shape index (κ1) is 15.0. The van der Waals surface area contributed by atoms with Crippen LogP contribution in [0.5, 0.6) is 11.5 Å². The van der Waals surface area contributed by atoms with E-state index in [1.165, 1.54) is 0 Å². The van der Waals surface area contributed by atoms with Crippen LogP contribution in [0.25, 0.3) is 0 Å². The maximum atomic E-state index is 5.65. The Balaban J connectivity index is 2.16. The van der Waals surface area contributed by atoms with E-state index >= 15 is 0 Å². The summed E-state index contributed by atoms with van der Waals surface area (Å²) in [6.07, 6.45) is 1.08. The Hall–Kier alpha value is -1.36. The molecule has 0 fully saturated rings. The molecule has 0 bridgehead atoms. The predicted octanol–water partition coefficient (Wildman–Crippen LogP) is 3.78. The average Bonchev–Trinajstić information content (AvgIpc) is 2.90. The van der Waals surface area contributed by atoms with Crippen LogP contribution in [0, 0.1) is 0 Å². The van der Waals surface area contributed by atoms with Gasteiger partial charge >= 0.3 is 0 Å². The first-order valence-corrected chi connectivity index (χ1v) is 8.12. The van der Waals surface area contributed by atoms with Gasteiger partial charge in [0, 0.05) is 11.8 Å². The molecule has 0 amide bonds. The van der Waals surface area contributed by atoms with Crippen molar-refractivity contribution < 1.29 is 9.47 Å². The van der Waals surface area contributed by atoms with Crippen LogP contribution in [0.1, 0.15) is 27.2 Å². The summed E-state index contributed by atoms with van der Waals surface area (Å²) >= 11 is 1.76. The van der Waals surface area contributed by atoms with Crippen molar-refractivity contribution in [2.24, 2.45) is 4.99 Å². The monoisotopic (exact) mass is 294 g/mol. The Morgan fingerprint density at radius 2 is 2.05 bits per heavy atom. The van der Waals surface area contributed by atoms with E-state index in [2.05, 4.69) is 17.2 Å². The number of aliphatic imine (C=N–C) groups is 1. The van der Waals surface area contributed by atoms with E-state index in [0.29, 0.717) is 19.3 Å². The molecule has 0 aromatic heterocycles. The van der Waals surface area contributed by atoms with Crippen LogP contribution in [-0.4, -0.2) is 30.2 Å². The third kappa shape index (κ3) is 3.82. The summed E-state index contributed by atoms with van der Waals surface area (Å²) in [5.74, 6) is 2.72. The molecule has 0 saturated carbocycles. The molecule has 0 saturated heterocycles. The number of ether oxygens (including phenoxy) is 2. The van der Waals surface area contributed by atoms with Crippen molar-refractivity contribution in [3.63, 3.8) is 0 Å². The number of hydrogen-bond donors (Lipinski definition) is 1. The predicted molar refractivity (Wildman–Crippen MR) is 86.4 cm³/mol. The number of anilines is 1. The van der Waals surface area contributed by atoms with Gasteiger partial charge in [0.05, 0.1) is 24.9 Å². The van der Waals surface area contributed by atoms with Crippen LogP contribution in [0.3, 0.4) is 0 Å². The van der Waals surface area contributed by atoms with Gasteiger partial charge in [0.1, 0.15) is 11.5 Å². The summed E-state index contributed by atoms with van der Waals surface area (Å²) in [6, 6.07) is 6.26. The van der Waals surface area contributed by atoms with Gasteiger partial charge in [-0.25, -0.2) is 0 Å². The molecular formula is C15H22N2O2S. The molecule has 0 radical (unpaired) electrons. The number of thioether (sulfide) groups is 1. The van der Waals surface area contributed by atoms with Gasteiger partial charge in [-0.3, -0.25) is 4.99 Å². The van der Waals surface area contributed by atoms with Crippen molar-refractivity contribution in [3.8, 4) is 11.5 Å². The number of amidine groups is 1. The topological polar surface area (TPSA) is 42.9 Å². The van der Waals surface area contributed by atoms with E-state index in [0.717, 1.165) is 34.5 Å². The minimum absolute atomic E-state index is 0.424. The molecule has 20 heavy (non-hydrogen) atoms. The highest BCUT2D eigenvalue weighted by molar-refractivity contribution is 8.14. The molecule has 1 heterocycles. The van der Waals surface area contributed by atoms with Crippen LogP contribution >= 0.6 is 11.8 Å². The summed E-state index contributed by atoms with van der Waals surface area (Å²) in [6.45, 7) is 7.42. The quantitative estimate of drug-likeness (QED) is 0.867. The smallest absolute Gasteiger partial charge is 0.161 e. The number of hydrogen-bond acceptors (Lipinski definition) is 5. The maximum Gasteiger partial charge on any atom is 0.161 e. The molecule has 5 heteroatoms. The maximum absolute atomic E-state index is 5.65. The zero-order valence-corrected chi connectivity index (χ0v) is 13.1. The molecule has 4 nitrogen and oxygen atoms in total. The lowest BCUT2D eigenvalue weighted by atomic mass is 10.2. The van der Waals surface area contributed by atoms with E-state index in [9.17, 15) is 0 Å². The van der Waals surface area contributed by atoms with Crippen LogP contribution in [0.15, 0.2) is 23.2 Å². The fraction of sp³-hybridized carbons (Fsp3) is 0.533. The largest absolute Gasteiger partial charge is 0.494 e. The van der Waals surface area contributed by atoms with Gasteiger partial charge in [-0.2, -0.15) is 0 Å². The Kier molecular flexibility index (Phi) is 5.59. The van der Waals surface area contributed by atoms with Crippen molar-refractivity contribution in [1.29, 1.82) is 0 Å². The summed E-state index contributed by atoms with van der Waals surface area (Å²) in [5.41, 5.74) is 0.917. The number of nitrogens with zero attached hydrogens (tertiary/aromatic N) is 1. The van der Waals surface area contributed by atoms with Crippen molar-refractivity contribution in [2.45, 2.75) is 33.2 Å². The zero-order chi connectivity index (χ0) is 14.4. The molecule has 2 rings (SSSR count). The molecule has 0 aliphatic carbocycles. The fourth-order valence-electron chi connectivity index (χ4n) is 1.95. The molecule has 1 aromatic rings.